The van der Waals surface area contributed by atoms with Crippen molar-refractivity contribution in [2.45, 2.75) is 17.7 Å². The number of rotatable bonds is 5. The number of aromatic hydroxyl groups is 1. The molecule has 2 N–H and O–H groups in total. The lowest BCUT2D eigenvalue weighted by molar-refractivity contribution is 0.184. The highest BCUT2D eigenvalue weighted by atomic mass is 32.2. The molecule has 0 aromatic heterocycles. The van der Waals surface area contributed by atoms with E-state index in [2.05, 4.69) is 4.72 Å². The SMILES string of the molecule is O=S(=O)(NCCC1CCOC1)c1cccc(O)c1. The van der Waals surface area contributed by atoms with Gasteiger partial charge in [0.25, 0.3) is 0 Å². The molecule has 1 aromatic rings. The largest absolute Gasteiger partial charge is 0.508 e. The molecule has 6 heteroatoms. The molecule has 0 saturated carbocycles. The minimum Gasteiger partial charge on any atom is -0.508 e. The van der Waals surface area contributed by atoms with Gasteiger partial charge in [-0.3, -0.25) is 0 Å². The second kappa shape index (κ2) is 5.69. The minimum absolute atomic E-state index is 0.0536. The van der Waals surface area contributed by atoms with Gasteiger partial charge in [0.2, 0.25) is 10.0 Å². The summed E-state index contributed by atoms with van der Waals surface area (Å²) in [6.07, 6.45) is 1.77. The Balaban J connectivity index is 1.90. The molecule has 1 unspecified atom stereocenters. The molecule has 1 aliphatic heterocycles. The monoisotopic (exact) mass is 271 g/mol. The zero-order chi connectivity index (χ0) is 13.0. The van der Waals surface area contributed by atoms with Crippen molar-refractivity contribution in [3.8, 4) is 5.75 Å². The van der Waals surface area contributed by atoms with Crippen LogP contribution in [0.25, 0.3) is 0 Å². The summed E-state index contributed by atoms with van der Waals surface area (Å²) in [6, 6.07) is 5.64. The van der Waals surface area contributed by atoms with Crippen molar-refractivity contribution in [2.75, 3.05) is 19.8 Å². The Morgan fingerprint density at radius 1 is 1.44 bits per heavy atom. The average molecular weight is 271 g/mol. The van der Waals surface area contributed by atoms with E-state index in [1.807, 2.05) is 0 Å². The van der Waals surface area contributed by atoms with Gasteiger partial charge in [-0.15, -0.1) is 0 Å². The third-order valence-corrected chi connectivity index (χ3v) is 4.46. The Morgan fingerprint density at radius 3 is 2.94 bits per heavy atom. The van der Waals surface area contributed by atoms with Gasteiger partial charge in [0.1, 0.15) is 5.75 Å². The molecule has 0 aliphatic carbocycles. The maximum atomic E-state index is 11.9. The fraction of sp³-hybridized carbons (Fsp3) is 0.500. The summed E-state index contributed by atoms with van der Waals surface area (Å²) in [7, 11) is -3.53. The highest BCUT2D eigenvalue weighted by molar-refractivity contribution is 7.89. The first kappa shape index (κ1) is 13.3. The smallest absolute Gasteiger partial charge is 0.240 e. The van der Waals surface area contributed by atoms with Gasteiger partial charge in [-0.25, -0.2) is 13.1 Å². The predicted octanol–water partition coefficient (Wildman–Crippen LogP) is 1.10. The van der Waals surface area contributed by atoms with Crippen molar-refractivity contribution < 1.29 is 18.3 Å². The number of hydrogen-bond donors (Lipinski definition) is 2. The maximum absolute atomic E-state index is 11.9. The van der Waals surface area contributed by atoms with Gasteiger partial charge in [0.15, 0.2) is 0 Å². The molecule has 1 fully saturated rings. The highest BCUT2D eigenvalue weighted by Gasteiger charge is 2.18. The van der Waals surface area contributed by atoms with Gasteiger partial charge >= 0.3 is 0 Å². The van der Waals surface area contributed by atoms with Crippen molar-refractivity contribution in [3.05, 3.63) is 24.3 Å². The van der Waals surface area contributed by atoms with Gasteiger partial charge < -0.3 is 9.84 Å². The molecular formula is C12H17NO4S. The third kappa shape index (κ3) is 3.44. The fourth-order valence-electron chi connectivity index (χ4n) is 1.94. The van der Waals surface area contributed by atoms with E-state index in [0.29, 0.717) is 19.1 Å². The molecule has 1 atom stereocenters. The van der Waals surface area contributed by atoms with Gasteiger partial charge in [0.05, 0.1) is 4.90 Å². The van der Waals surface area contributed by atoms with Gasteiger partial charge in [0, 0.05) is 19.8 Å². The molecule has 0 bridgehead atoms. The summed E-state index contributed by atoms with van der Waals surface area (Å²) in [6.45, 7) is 1.88. The fourth-order valence-corrected chi connectivity index (χ4v) is 3.03. The van der Waals surface area contributed by atoms with Crippen LogP contribution in [-0.2, 0) is 14.8 Å². The number of hydrogen-bond acceptors (Lipinski definition) is 4. The molecule has 0 spiro atoms. The number of nitrogens with one attached hydrogen (secondary N) is 1. The average Bonchev–Trinajstić information content (AvgIpc) is 2.82. The lowest BCUT2D eigenvalue weighted by Crippen LogP contribution is -2.26. The van der Waals surface area contributed by atoms with Gasteiger partial charge in [-0.1, -0.05) is 6.07 Å². The number of benzene rings is 1. The molecule has 100 valence electrons. The van der Waals surface area contributed by atoms with Crippen LogP contribution in [0, 0.1) is 5.92 Å². The Kier molecular flexibility index (Phi) is 4.21. The minimum atomic E-state index is -3.53. The summed E-state index contributed by atoms with van der Waals surface area (Å²) in [4.78, 5) is 0.0881. The molecule has 1 saturated heterocycles. The molecular weight excluding hydrogens is 254 g/mol. The summed E-state index contributed by atoms with van der Waals surface area (Å²) in [5, 5.41) is 9.27. The second-order valence-corrected chi connectivity index (χ2v) is 6.18. The van der Waals surface area contributed by atoms with E-state index in [4.69, 9.17) is 4.74 Å². The third-order valence-electron chi connectivity index (χ3n) is 3.00. The number of sulfonamides is 1. The first-order chi connectivity index (χ1) is 8.58. The zero-order valence-corrected chi connectivity index (χ0v) is 10.8. The standard InChI is InChI=1S/C12H17NO4S/c14-11-2-1-3-12(8-11)18(15,16)13-6-4-10-5-7-17-9-10/h1-3,8,10,13-14H,4-7,9H2. The first-order valence-electron chi connectivity index (χ1n) is 5.94. The van der Waals surface area contributed by atoms with E-state index < -0.39 is 10.0 Å². The van der Waals surface area contributed by atoms with E-state index >= 15 is 0 Å². The Morgan fingerprint density at radius 2 is 2.28 bits per heavy atom. The van der Waals surface area contributed by atoms with Crippen LogP contribution >= 0.6 is 0 Å². The molecule has 0 radical (unpaired) electrons. The predicted molar refractivity (Wildman–Crippen MR) is 66.8 cm³/mol. The normalized spacial score (nSPS) is 20.1. The van der Waals surface area contributed by atoms with Gasteiger partial charge in [-0.2, -0.15) is 0 Å². The van der Waals surface area contributed by atoms with Crippen molar-refractivity contribution >= 4 is 10.0 Å². The van der Waals surface area contributed by atoms with E-state index in [1.165, 1.54) is 24.3 Å². The number of ether oxygens (including phenoxy) is 1. The molecule has 0 amide bonds. The topological polar surface area (TPSA) is 75.6 Å². The molecule has 1 aromatic carbocycles. The van der Waals surface area contributed by atoms with E-state index in [1.54, 1.807) is 0 Å². The Labute approximate surface area is 107 Å². The number of phenolic OH excluding ortho intramolecular Hbond substituents is 1. The van der Waals surface area contributed by atoms with Crippen LogP contribution in [0.3, 0.4) is 0 Å². The van der Waals surface area contributed by atoms with Crippen LogP contribution < -0.4 is 4.72 Å². The molecule has 1 aliphatic rings. The van der Waals surface area contributed by atoms with Crippen LogP contribution in [0.15, 0.2) is 29.2 Å². The lowest BCUT2D eigenvalue weighted by atomic mass is 10.1. The highest BCUT2D eigenvalue weighted by Crippen LogP contribution is 2.17. The lowest BCUT2D eigenvalue weighted by Gasteiger charge is -2.09. The molecule has 5 nitrogen and oxygen atoms in total. The van der Waals surface area contributed by atoms with Crippen LogP contribution in [-0.4, -0.2) is 33.3 Å². The van der Waals surface area contributed by atoms with Crippen molar-refractivity contribution in [1.29, 1.82) is 0 Å². The van der Waals surface area contributed by atoms with Crippen molar-refractivity contribution in [2.24, 2.45) is 5.92 Å². The molecule has 18 heavy (non-hydrogen) atoms. The summed E-state index contributed by atoms with van der Waals surface area (Å²) >= 11 is 0. The van der Waals surface area contributed by atoms with E-state index in [0.717, 1.165) is 19.4 Å². The van der Waals surface area contributed by atoms with E-state index in [9.17, 15) is 13.5 Å². The van der Waals surface area contributed by atoms with Gasteiger partial charge in [-0.05, 0) is 37.0 Å². The molecule has 1 heterocycles. The zero-order valence-electron chi connectivity index (χ0n) is 10.0. The summed E-state index contributed by atoms with van der Waals surface area (Å²) in [5.41, 5.74) is 0. The van der Waals surface area contributed by atoms with E-state index in [-0.39, 0.29) is 10.6 Å². The Bertz CT molecular complexity index is 495. The van der Waals surface area contributed by atoms with Crippen LogP contribution in [0.2, 0.25) is 0 Å². The van der Waals surface area contributed by atoms with Crippen LogP contribution in [0.5, 0.6) is 5.75 Å². The van der Waals surface area contributed by atoms with Crippen LogP contribution in [0.4, 0.5) is 0 Å². The van der Waals surface area contributed by atoms with Crippen molar-refractivity contribution in [1.82, 2.24) is 4.72 Å². The molecule has 2 rings (SSSR count). The van der Waals surface area contributed by atoms with Crippen molar-refractivity contribution in [3.63, 3.8) is 0 Å². The Hall–Kier alpha value is -1.11. The second-order valence-electron chi connectivity index (χ2n) is 4.41. The van der Waals surface area contributed by atoms with Crippen LogP contribution in [0.1, 0.15) is 12.8 Å². The quantitative estimate of drug-likeness (QED) is 0.841. The summed E-state index contributed by atoms with van der Waals surface area (Å²) < 4.78 is 31.6. The maximum Gasteiger partial charge on any atom is 0.240 e. The first-order valence-corrected chi connectivity index (χ1v) is 7.43. The summed E-state index contributed by atoms with van der Waals surface area (Å²) in [5.74, 6) is 0.388. The number of phenols is 1.